The normalized spacial score (nSPS) is 14.0. The Morgan fingerprint density at radius 3 is 2.36 bits per heavy atom. The molecule has 9 nitrogen and oxygen atoms in total. The number of anilines is 1. The highest BCUT2D eigenvalue weighted by molar-refractivity contribution is 7.92. The molecule has 1 amide bonds. The Bertz CT molecular complexity index is 998. The number of rotatable bonds is 6. The molecule has 10 heteroatoms. The second-order valence-electron chi connectivity index (χ2n) is 6.27. The molecule has 2 aromatic carbocycles. The molecule has 148 valence electrons. The predicted molar refractivity (Wildman–Crippen MR) is 102 cm³/mol. The number of methoxy groups -OCH3 is 1. The first kappa shape index (κ1) is 19.6. The van der Waals surface area contributed by atoms with Gasteiger partial charge >= 0.3 is 0 Å². The van der Waals surface area contributed by atoms with Crippen LogP contribution < -0.4 is 9.46 Å². The third-order valence-electron chi connectivity index (χ3n) is 4.43. The molecule has 0 atom stereocenters. The Morgan fingerprint density at radius 2 is 1.79 bits per heavy atom. The number of ether oxygens (including phenoxy) is 1. The fourth-order valence-electron chi connectivity index (χ4n) is 2.99. The third-order valence-corrected chi connectivity index (χ3v) is 5.86. The van der Waals surface area contributed by atoms with Gasteiger partial charge in [-0.3, -0.25) is 19.6 Å². The lowest BCUT2D eigenvalue weighted by atomic mass is 10.2. The van der Waals surface area contributed by atoms with Crippen LogP contribution in [-0.4, -0.2) is 44.3 Å². The van der Waals surface area contributed by atoms with Gasteiger partial charge < -0.3 is 9.64 Å². The molecule has 0 spiro atoms. The van der Waals surface area contributed by atoms with Gasteiger partial charge in [0.1, 0.15) is 5.75 Å². The average molecular weight is 405 g/mol. The van der Waals surface area contributed by atoms with E-state index in [-0.39, 0.29) is 17.3 Å². The summed E-state index contributed by atoms with van der Waals surface area (Å²) in [4.78, 5) is 24.1. The van der Waals surface area contributed by atoms with E-state index in [4.69, 9.17) is 4.74 Å². The number of nitrogens with one attached hydrogen (secondary N) is 1. The molecule has 0 saturated carbocycles. The Morgan fingerprint density at radius 1 is 1.14 bits per heavy atom. The van der Waals surface area contributed by atoms with Crippen molar-refractivity contribution in [1.29, 1.82) is 0 Å². The number of benzene rings is 2. The number of amides is 1. The van der Waals surface area contributed by atoms with Crippen molar-refractivity contribution < 1.29 is 22.9 Å². The highest BCUT2D eigenvalue weighted by atomic mass is 32.2. The van der Waals surface area contributed by atoms with Gasteiger partial charge in [-0.05, 0) is 49.2 Å². The average Bonchev–Trinajstić information content (AvgIpc) is 3.22. The summed E-state index contributed by atoms with van der Waals surface area (Å²) in [7, 11) is -2.88. The molecular weight excluding hydrogens is 386 g/mol. The fourth-order valence-corrected chi connectivity index (χ4v) is 4.20. The lowest BCUT2D eigenvalue weighted by Crippen LogP contribution is -2.27. The molecule has 1 aliphatic rings. The van der Waals surface area contributed by atoms with Gasteiger partial charge in [0.05, 0.1) is 18.1 Å². The lowest BCUT2D eigenvalue weighted by Gasteiger charge is -2.15. The van der Waals surface area contributed by atoms with Crippen LogP contribution in [0.4, 0.5) is 11.4 Å². The molecule has 0 bridgehead atoms. The van der Waals surface area contributed by atoms with Gasteiger partial charge in [-0.15, -0.1) is 0 Å². The topological polar surface area (TPSA) is 119 Å². The summed E-state index contributed by atoms with van der Waals surface area (Å²) in [5, 5.41) is 11.3. The van der Waals surface area contributed by atoms with E-state index in [1.165, 1.54) is 37.4 Å². The van der Waals surface area contributed by atoms with Gasteiger partial charge in [-0.2, -0.15) is 0 Å². The van der Waals surface area contributed by atoms with E-state index >= 15 is 0 Å². The van der Waals surface area contributed by atoms with Crippen LogP contribution in [0.3, 0.4) is 0 Å². The van der Waals surface area contributed by atoms with E-state index < -0.39 is 25.5 Å². The van der Waals surface area contributed by atoms with Gasteiger partial charge in [0.25, 0.3) is 21.6 Å². The maximum Gasteiger partial charge on any atom is 0.293 e. The van der Waals surface area contributed by atoms with Crippen LogP contribution in [0.15, 0.2) is 47.4 Å². The van der Waals surface area contributed by atoms with E-state index in [0.29, 0.717) is 18.7 Å². The van der Waals surface area contributed by atoms with E-state index in [1.807, 2.05) is 0 Å². The van der Waals surface area contributed by atoms with Crippen LogP contribution in [0.25, 0.3) is 0 Å². The molecule has 0 unspecified atom stereocenters. The minimum absolute atomic E-state index is 0.0994. The van der Waals surface area contributed by atoms with Crippen molar-refractivity contribution in [3.63, 3.8) is 0 Å². The van der Waals surface area contributed by atoms with Gasteiger partial charge in [0.15, 0.2) is 4.90 Å². The maximum atomic E-state index is 12.6. The third kappa shape index (κ3) is 4.06. The van der Waals surface area contributed by atoms with Crippen molar-refractivity contribution >= 4 is 27.3 Å². The van der Waals surface area contributed by atoms with Crippen molar-refractivity contribution in [3.05, 3.63) is 58.1 Å². The molecular formula is C18H19N3O6S. The zero-order valence-electron chi connectivity index (χ0n) is 15.1. The van der Waals surface area contributed by atoms with E-state index in [1.54, 1.807) is 4.90 Å². The minimum Gasteiger partial charge on any atom is -0.497 e. The molecule has 2 aromatic rings. The zero-order chi connectivity index (χ0) is 20.3. The first-order valence-corrected chi connectivity index (χ1v) is 10.0. The number of nitro benzene ring substituents is 1. The van der Waals surface area contributed by atoms with Crippen LogP contribution in [0.5, 0.6) is 5.75 Å². The van der Waals surface area contributed by atoms with Crippen LogP contribution >= 0.6 is 0 Å². The zero-order valence-corrected chi connectivity index (χ0v) is 15.9. The van der Waals surface area contributed by atoms with Crippen LogP contribution in [0.1, 0.15) is 23.2 Å². The molecule has 1 N–H and O–H groups in total. The number of hydrogen-bond donors (Lipinski definition) is 1. The van der Waals surface area contributed by atoms with E-state index in [2.05, 4.69) is 4.72 Å². The van der Waals surface area contributed by atoms with Crippen molar-refractivity contribution in [1.82, 2.24) is 4.90 Å². The van der Waals surface area contributed by atoms with Crippen molar-refractivity contribution in [2.45, 2.75) is 17.7 Å². The fraction of sp³-hybridized carbons (Fsp3) is 0.278. The van der Waals surface area contributed by atoms with Gasteiger partial charge in [-0.1, -0.05) is 0 Å². The summed E-state index contributed by atoms with van der Waals surface area (Å²) < 4.78 is 32.5. The van der Waals surface area contributed by atoms with Crippen LogP contribution in [0, 0.1) is 10.1 Å². The summed E-state index contributed by atoms with van der Waals surface area (Å²) in [6.45, 7) is 1.43. The smallest absolute Gasteiger partial charge is 0.293 e. The summed E-state index contributed by atoms with van der Waals surface area (Å²) in [6.07, 6.45) is 1.95. The number of nitrogens with zero attached hydrogens (tertiary/aromatic N) is 2. The maximum absolute atomic E-state index is 12.6. The standard InChI is InChI=1S/C18H19N3O6S/c1-27-15-8-9-17(16(12-15)21(23)24)28(25,26)19-14-6-4-13(5-7-14)18(22)20-10-2-3-11-20/h4-9,12,19H,2-3,10-11H2,1H3. The van der Waals surface area contributed by atoms with Gasteiger partial charge in [0.2, 0.25) is 0 Å². The minimum atomic E-state index is -4.21. The molecule has 3 rings (SSSR count). The first-order valence-electron chi connectivity index (χ1n) is 8.56. The SMILES string of the molecule is COc1ccc(S(=O)(=O)Nc2ccc(C(=O)N3CCCC3)cc2)c([N+](=O)[O-])c1. The summed E-state index contributed by atoms with van der Waals surface area (Å²) in [5.41, 5.74) is 0.0658. The molecule has 1 aliphatic heterocycles. The van der Waals surface area contributed by atoms with Crippen molar-refractivity contribution in [2.24, 2.45) is 0 Å². The number of carbonyl (C=O) groups excluding carboxylic acids is 1. The predicted octanol–water partition coefficient (Wildman–Crippen LogP) is 2.64. The Hall–Kier alpha value is -3.14. The number of hydrogen-bond acceptors (Lipinski definition) is 6. The molecule has 1 heterocycles. The van der Waals surface area contributed by atoms with Gasteiger partial charge in [-0.25, -0.2) is 8.42 Å². The largest absolute Gasteiger partial charge is 0.497 e. The Kier molecular flexibility index (Phi) is 5.50. The Labute approximate surface area is 162 Å². The van der Waals surface area contributed by atoms with Crippen molar-refractivity contribution in [2.75, 3.05) is 24.9 Å². The number of carbonyl (C=O) groups is 1. The number of sulfonamides is 1. The van der Waals surface area contributed by atoms with E-state index in [0.717, 1.165) is 25.0 Å². The molecule has 1 fully saturated rings. The molecule has 28 heavy (non-hydrogen) atoms. The van der Waals surface area contributed by atoms with Gasteiger partial charge in [0, 0.05) is 24.3 Å². The molecule has 0 aliphatic carbocycles. The van der Waals surface area contributed by atoms with Crippen LogP contribution in [0.2, 0.25) is 0 Å². The van der Waals surface area contributed by atoms with Crippen LogP contribution in [-0.2, 0) is 10.0 Å². The summed E-state index contributed by atoms with van der Waals surface area (Å²) in [6, 6.07) is 9.46. The van der Waals surface area contributed by atoms with E-state index in [9.17, 15) is 23.3 Å². The first-order chi connectivity index (χ1) is 13.3. The lowest BCUT2D eigenvalue weighted by molar-refractivity contribution is -0.387. The highest BCUT2D eigenvalue weighted by Gasteiger charge is 2.27. The Balaban J connectivity index is 1.83. The highest BCUT2D eigenvalue weighted by Crippen LogP contribution is 2.29. The second-order valence-corrected chi connectivity index (χ2v) is 7.92. The quantitative estimate of drug-likeness (QED) is 0.583. The molecule has 0 aromatic heterocycles. The monoisotopic (exact) mass is 405 g/mol. The summed E-state index contributed by atoms with van der Waals surface area (Å²) >= 11 is 0. The molecule has 1 saturated heterocycles. The summed E-state index contributed by atoms with van der Waals surface area (Å²) in [5.74, 6) is 0.0770. The number of nitro groups is 1. The number of likely N-dealkylation sites (tertiary alicyclic amines) is 1. The second kappa shape index (κ2) is 7.85. The molecule has 0 radical (unpaired) electrons. The van der Waals surface area contributed by atoms with Crippen molar-refractivity contribution in [3.8, 4) is 5.75 Å².